The molecule has 4 nitrogen and oxygen atoms in total. The van der Waals surface area contributed by atoms with Crippen molar-refractivity contribution in [3.05, 3.63) is 77.9 Å². The molecule has 5 heteroatoms. The number of carboxylic acid groups (broad SMARTS) is 1. The molecule has 0 spiro atoms. The molecule has 0 atom stereocenters. The quantitative estimate of drug-likeness (QED) is 0.796. The second-order valence-corrected chi connectivity index (χ2v) is 7.19. The molecule has 0 saturated carbocycles. The zero-order valence-electron chi connectivity index (χ0n) is 12.1. The van der Waals surface area contributed by atoms with Crippen molar-refractivity contribution in [2.75, 3.05) is 0 Å². The Morgan fingerprint density at radius 1 is 0.870 bits per heavy atom. The Kier molecular flexibility index (Phi) is 3.88. The molecular weight excluding hydrogens is 312 g/mol. The molecule has 3 aromatic carbocycles. The summed E-state index contributed by atoms with van der Waals surface area (Å²) in [6.07, 6.45) is 0. The fourth-order valence-corrected chi connectivity index (χ4v) is 3.99. The van der Waals surface area contributed by atoms with Crippen LogP contribution in [0.2, 0.25) is 0 Å². The third-order valence-electron chi connectivity index (χ3n) is 3.68. The Balaban J connectivity index is 2.14. The first-order chi connectivity index (χ1) is 11.0. The predicted octanol–water partition coefficient (Wildman–Crippen LogP) is 3.51. The molecule has 0 fully saturated rings. The van der Waals surface area contributed by atoms with Crippen LogP contribution in [-0.2, 0) is 15.6 Å². The molecule has 0 amide bonds. The van der Waals surface area contributed by atoms with Crippen LogP contribution in [0, 0.1) is 0 Å². The Morgan fingerprint density at radius 3 is 2.22 bits per heavy atom. The van der Waals surface area contributed by atoms with Crippen LogP contribution in [0.4, 0.5) is 0 Å². The lowest BCUT2D eigenvalue weighted by molar-refractivity contribution is 0.0698. The number of sulfone groups is 1. The third-order valence-corrected chi connectivity index (χ3v) is 5.36. The van der Waals surface area contributed by atoms with Crippen LogP contribution in [0.15, 0.2) is 71.6 Å². The molecule has 3 aromatic rings. The van der Waals surface area contributed by atoms with Crippen molar-refractivity contribution in [2.45, 2.75) is 10.6 Å². The summed E-state index contributed by atoms with van der Waals surface area (Å²) in [6.45, 7) is 0. The van der Waals surface area contributed by atoms with Gasteiger partial charge in [-0.25, -0.2) is 13.2 Å². The normalized spacial score (nSPS) is 11.5. The van der Waals surface area contributed by atoms with Crippen LogP contribution in [0.5, 0.6) is 0 Å². The smallest absolute Gasteiger partial charge is 0.336 e. The summed E-state index contributed by atoms with van der Waals surface area (Å²) in [5, 5.41) is 10.8. The van der Waals surface area contributed by atoms with E-state index in [1.165, 1.54) is 12.1 Å². The molecule has 0 unspecified atom stereocenters. The van der Waals surface area contributed by atoms with E-state index in [1.807, 2.05) is 6.07 Å². The fraction of sp³-hybridized carbons (Fsp3) is 0.0556. The van der Waals surface area contributed by atoms with E-state index in [-0.39, 0.29) is 16.2 Å². The molecule has 0 aliphatic carbocycles. The van der Waals surface area contributed by atoms with Crippen molar-refractivity contribution in [1.82, 2.24) is 0 Å². The number of carbonyl (C=O) groups is 1. The summed E-state index contributed by atoms with van der Waals surface area (Å²) in [6, 6.07) is 18.4. The molecule has 0 radical (unpaired) electrons. The van der Waals surface area contributed by atoms with Gasteiger partial charge in [0.25, 0.3) is 0 Å². The first kappa shape index (κ1) is 15.2. The van der Waals surface area contributed by atoms with Gasteiger partial charge in [0, 0.05) is 0 Å². The highest BCUT2D eigenvalue weighted by molar-refractivity contribution is 7.90. The van der Waals surface area contributed by atoms with Crippen molar-refractivity contribution in [3.8, 4) is 0 Å². The second-order valence-electron chi connectivity index (χ2n) is 5.20. The lowest BCUT2D eigenvalue weighted by Gasteiger charge is -2.10. The molecule has 0 aromatic heterocycles. The summed E-state index contributed by atoms with van der Waals surface area (Å²) in [5.74, 6) is -1.47. The summed E-state index contributed by atoms with van der Waals surface area (Å²) >= 11 is 0. The van der Waals surface area contributed by atoms with E-state index < -0.39 is 15.8 Å². The standard InChI is InChI=1S/C18H14O4S/c19-18(20)17-14(11-10-13-6-4-5-9-16(13)17)12-23(21,22)15-7-2-1-3-8-15/h1-11H,12H2,(H,19,20). The molecule has 0 aliphatic rings. The van der Waals surface area contributed by atoms with Gasteiger partial charge < -0.3 is 5.11 Å². The molecule has 0 aliphatic heterocycles. The van der Waals surface area contributed by atoms with Crippen LogP contribution in [0.25, 0.3) is 10.8 Å². The largest absolute Gasteiger partial charge is 0.478 e. The highest BCUT2D eigenvalue weighted by Gasteiger charge is 2.21. The zero-order chi connectivity index (χ0) is 16.4. The van der Waals surface area contributed by atoms with Gasteiger partial charge in [-0.1, -0.05) is 54.6 Å². The van der Waals surface area contributed by atoms with Crippen molar-refractivity contribution in [1.29, 1.82) is 0 Å². The van der Waals surface area contributed by atoms with Gasteiger partial charge in [-0.05, 0) is 28.5 Å². The van der Waals surface area contributed by atoms with Crippen LogP contribution in [0.1, 0.15) is 15.9 Å². The molecule has 1 N–H and O–H groups in total. The van der Waals surface area contributed by atoms with Crippen molar-refractivity contribution >= 4 is 26.6 Å². The molecular formula is C18H14O4S. The van der Waals surface area contributed by atoms with Crippen LogP contribution in [0.3, 0.4) is 0 Å². The fourth-order valence-electron chi connectivity index (χ4n) is 2.61. The highest BCUT2D eigenvalue weighted by Crippen LogP contribution is 2.26. The molecule has 0 bridgehead atoms. The predicted molar refractivity (Wildman–Crippen MR) is 88.2 cm³/mol. The van der Waals surface area contributed by atoms with Gasteiger partial charge in [-0.15, -0.1) is 0 Å². The Bertz CT molecular complexity index is 976. The maximum absolute atomic E-state index is 12.5. The number of rotatable bonds is 4. The number of aromatic carboxylic acids is 1. The van der Waals surface area contributed by atoms with Crippen LogP contribution in [-0.4, -0.2) is 19.5 Å². The summed E-state index contributed by atoms with van der Waals surface area (Å²) in [4.78, 5) is 11.8. The number of hydrogen-bond donors (Lipinski definition) is 1. The van der Waals surface area contributed by atoms with Gasteiger partial charge in [-0.3, -0.25) is 0 Å². The summed E-state index contributed by atoms with van der Waals surface area (Å²) < 4.78 is 25.0. The summed E-state index contributed by atoms with van der Waals surface area (Å²) in [5.41, 5.74) is 0.336. The van der Waals surface area contributed by atoms with E-state index in [9.17, 15) is 18.3 Å². The van der Waals surface area contributed by atoms with E-state index in [2.05, 4.69) is 0 Å². The lowest BCUT2D eigenvalue weighted by atomic mass is 10.00. The first-order valence-corrected chi connectivity index (χ1v) is 8.66. The minimum atomic E-state index is -3.60. The number of fused-ring (bicyclic) bond motifs is 1. The first-order valence-electron chi connectivity index (χ1n) is 7.01. The monoisotopic (exact) mass is 326 g/mol. The van der Waals surface area contributed by atoms with Crippen molar-refractivity contribution < 1.29 is 18.3 Å². The van der Waals surface area contributed by atoms with E-state index in [0.717, 1.165) is 5.39 Å². The topological polar surface area (TPSA) is 71.4 Å². The van der Waals surface area contributed by atoms with Gasteiger partial charge in [-0.2, -0.15) is 0 Å². The maximum Gasteiger partial charge on any atom is 0.336 e. The molecule has 3 rings (SSSR count). The highest BCUT2D eigenvalue weighted by atomic mass is 32.2. The third kappa shape index (κ3) is 2.96. The number of carboxylic acids is 1. The van der Waals surface area contributed by atoms with Gasteiger partial charge in [0.15, 0.2) is 9.84 Å². The average Bonchev–Trinajstić information content (AvgIpc) is 2.55. The number of benzene rings is 3. The van der Waals surface area contributed by atoms with E-state index in [1.54, 1.807) is 48.5 Å². The Morgan fingerprint density at radius 2 is 1.52 bits per heavy atom. The minimum Gasteiger partial charge on any atom is -0.478 e. The summed E-state index contributed by atoms with van der Waals surface area (Å²) in [7, 11) is -3.60. The van der Waals surface area contributed by atoms with Gasteiger partial charge in [0.2, 0.25) is 0 Å². The van der Waals surface area contributed by atoms with Gasteiger partial charge >= 0.3 is 5.97 Å². The van der Waals surface area contributed by atoms with Gasteiger partial charge in [0.05, 0.1) is 16.2 Å². The average molecular weight is 326 g/mol. The van der Waals surface area contributed by atoms with Gasteiger partial charge in [0.1, 0.15) is 0 Å². The molecule has 0 heterocycles. The van der Waals surface area contributed by atoms with Crippen LogP contribution < -0.4 is 0 Å². The second kappa shape index (κ2) is 5.85. The SMILES string of the molecule is O=C(O)c1c(CS(=O)(=O)c2ccccc2)ccc2ccccc12. The maximum atomic E-state index is 12.5. The minimum absolute atomic E-state index is 0.0441. The lowest BCUT2D eigenvalue weighted by Crippen LogP contribution is -2.10. The van der Waals surface area contributed by atoms with E-state index in [4.69, 9.17) is 0 Å². The van der Waals surface area contributed by atoms with E-state index in [0.29, 0.717) is 10.9 Å². The van der Waals surface area contributed by atoms with Crippen LogP contribution >= 0.6 is 0 Å². The number of hydrogen-bond acceptors (Lipinski definition) is 3. The van der Waals surface area contributed by atoms with Crippen molar-refractivity contribution in [2.24, 2.45) is 0 Å². The molecule has 23 heavy (non-hydrogen) atoms. The zero-order valence-corrected chi connectivity index (χ0v) is 13.0. The molecule has 116 valence electrons. The Labute approximate surface area is 133 Å². The Hall–Kier alpha value is -2.66. The van der Waals surface area contributed by atoms with Crippen molar-refractivity contribution in [3.63, 3.8) is 0 Å². The van der Waals surface area contributed by atoms with E-state index >= 15 is 0 Å². The molecule has 0 saturated heterocycles.